The number of amides is 1. The van der Waals surface area contributed by atoms with E-state index in [1.54, 1.807) is 28.3 Å². The maximum atomic E-state index is 12.7. The highest BCUT2D eigenvalue weighted by atomic mass is 16.6. The number of benzene rings is 1. The first-order chi connectivity index (χ1) is 20.1. The Balaban J connectivity index is 1.18. The fourth-order valence-electron chi connectivity index (χ4n) is 5.27. The van der Waals surface area contributed by atoms with Crippen molar-refractivity contribution in [2.24, 2.45) is 0 Å². The maximum absolute atomic E-state index is 12.7. The van der Waals surface area contributed by atoms with Crippen LogP contribution in [0.5, 0.6) is 0 Å². The third kappa shape index (κ3) is 5.81. The van der Waals surface area contributed by atoms with Crippen LogP contribution >= 0.6 is 0 Å². The van der Waals surface area contributed by atoms with Crippen LogP contribution in [-0.2, 0) is 11.2 Å². The van der Waals surface area contributed by atoms with Crippen molar-refractivity contribution in [3.05, 3.63) is 78.1 Å². The molecule has 216 valence electrons. The van der Waals surface area contributed by atoms with Gasteiger partial charge in [0, 0.05) is 42.9 Å². The summed E-state index contributed by atoms with van der Waals surface area (Å²) in [5.74, 6) is 1.54. The van der Waals surface area contributed by atoms with Crippen LogP contribution in [0.1, 0.15) is 44.4 Å². The lowest BCUT2D eigenvalue weighted by atomic mass is 10.0. The number of hydrogen-bond donors (Lipinski definition) is 1. The Morgan fingerprint density at radius 3 is 2.69 bits per heavy atom. The summed E-state index contributed by atoms with van der Waals surface area (Å²) in [6.45, 7) is 11.7. The largest absolute Gasteiger partial charge is 0.444 e. The van der Waals surface area contributed by atoms with Crippen LogP contribution in [-0.4, -0.2) is 71.8 Å². The lowest BCUT2D eigenvalue weighted by molar-refractivity contribution is 0.0158. The topological polar surface area (TPSA) is 114 Å². The van der Waals surface area contributed by atoms with Gasteiger partial charge in [-0.05, 0) is 88.1 Å². The van der Waals surface area contributed by atoms with E-state index in [2.05, 4.69) is 72.5 Å². The number of piperazine rings is 1. The van der Waals surface area contributed by atoms with Gasteiger partial charge in [0.1, 0.15) is 29.9 Å². The Morgan fingerprint density at radius 2 is 1.90 bits per heavy atom. The molecule has 1 atom stereocenters. The SMILES string of the molecule is Cc1cc(Nc2ncnc3cnc(N4CCN(C(=O)OC(C)(C)C)[C@H](C)C4)cc23)ccc1Cc1ccn2ncnc2c1. The molecule has 1 saturated heterocycles. The van der Waals surface area contributed by atoms with Crippen molar-refractivity contribution >= 4 is 40.0 Å². The Labute approximate surface area is 244 Å². The van der Waals surface area contributed by atoms with E-state index < -0.39 is 5.60 Å². The van der Waals surface area contributed by atoms with Gasteiger partial charge in [0.2, 0.25) is 0 Å². The molecule has 0 saturated carbocycles. The smallest absolute Gasteiger partial charge is 0.410 e. The molecule has 0 unspecified atom stereocenters. The average molecular weight is 566 g/mol. The highest BCUT2D eigenvalue weighted by Gasteiger charge is 2.31. The van der Waals surface area contributed by atoms with E-state index in [9.17, 15) is 4.79 Å². The Kier molecular flexibility index (Phi) is 7.09. The number of rotatable bonds is 5. The van der Waals surface area contributed by atoms with Crippen LogP contribution in [0.15, 0.2) is 61.4 Å². The minimum atomic E-state index is -0.524. The van der Waals surface area contributed by atoms with Gasteiger partial charge in [-0.1, -0.05) is 6.07 Å². The molecule has 1 aliphatic heterocycles. The molecule has 1 aromatic carbocycles. The van der Waals surface area contributed by atoms with Crippen molar-refractivity contribution in [2.75, 3.05) is 29.9 Å². The van der Waals surface area contributed by atoms with Gasteiger partial charge in [0.05, 0.1) is 11.7 Å². The molecule has 1 amide bonds. The highest BCUT2D eigenvalue weighted by Crippen LogP contribution is 2.28. The predicted molar refractivity (Wildman–Crippen MR) is 162 cm³/mol. The summed E-state index contributed by atoms with van der Waals surface area (Å²) in [7, 11) is 0. The molecule has 0 radical (unpaired) electrons. The summed E-state index contributed by atoms with van der Waals surface area (Å²) in [6.07, 6.45) is 7.36. The van der Waals surface area contributed by atoms with Gasteiger partial charge in [0.25, 0.3) is 0 Å². The number of fused-ring (bicyclic) bond motifs is 2. The molecule has 6 rings (SSSR count). The average Bonchev–Trinajstić information content (AvgIpc) is 3.41. The van der Waals surface area contributed by atoms with Crippen molar-refractivity contribution in [2.45, 2.75) is 52.7 Å². The molecule has 1 fully saturated rings. The monoisotopic (exact) mass is 565 g/mol. The van der Waals surface area contributed by atoms with Crippen molar-refractivity contribution in [1.82, 2.24) is 34.4 Å². The van der Waals surface area contributed by atoms with Crippen molar-refractivity contribution in [3.63, 3.8) is 0 Å². The minimum Gasteiger partial charge on any atom is -0.444 e. The van der Waals surface area contributed by atoms with Gasteiger partial charge in [-0.2, -0.15) is 5.10 Å². The molecule has 0 bridgehead atoms. The van der Waals surface area contributed by atoms with Crippen LogP contribution in [0.4, 0.5) is 22.1 Å². The highest BCUT2D eigenvalue weighted by molar-refractivity contribution is 5.92. The summed E-state index contributed by atoms with van der Waals surface area (Å²) < 4.78 is 7.36. The molecule has 1 aliphatic rings. The number of aryl methyl sites for hydroxylation is 1. The lowest BCUT2D eigenvalue weighted by Crippen LogP contribution is -2.55. The maximum Gasteiger partial charge on any atom is 0.410 e. The number of pyridine rings is 2. The molecule has 11 nitrogen and oxygen atoms in total. The molecular weight excluding hydrogens is 530 g/mol. The second-order valence-electron chi connectivity index (χ2n) is 11.8. The quantitative estimate of drug-likeness (QED) is 0.309. The Bertz CT molecular complexity index is 1760. The van der Waals surface area contributed by atoms with E-state index in [1.807, 2.05) is 40.0 Å². The van der Waals surface area contributed by atoms with Crippen LogP contribution in [0.2, 0.25) is 0 Å². The molecule has 4 aromatic heterocycles. The molecule has 5 heterocycles. The fraction of sp³-hybridized carbons (Fsp3) is 0.355. The number of nitrogens with one attached hydrogen (secondary N) is 1. The molecule has 42 heavy (non-hydrogen) atoms. The van der Waals surface area contributed by atoms with E-state index >= 15 is 0 Å². The second-order valence-corrected chi connectivity index (χ2v) is 11.8. The number of carbonyl (C=O) groups is 1. The lowest BCUT2D eigenvalue weighted by Gasteiger charge is -2.40. The van der Waals surface area contributed by atoms with Gasteiger partial charge in [0.15, 0.2) is 5.65 Å². The zero-order valence-electron chi connectivity index (χ0n) is 24.6. The van der Waals surface area contributed by atoms with Crippen molar-refractivity contribution in [3.8, 4) is 0 Å². The number of aromatic nitrogens is 6. The molecule has 0 spiro atoms. The third-order valence-electron chi connectivity index (χ3n) is 7.43. The van der Waals surface area contributed by atoms with Gasteiger partial charge >= 0.3 is 6.09 Å². The summed E-state index contributed by atoms with van der Waals surface area (Å²) >= 11 is 0. The third-order valence-corrected chi connectivity index (χ3v) is 7.43. The van der Waals surface area contributed by atoms with Crippen LogP contribution in [0.25, 0.3) is 16.6 Å². The molecule has 5 aromatic rings. The number of nitrogens with zero attached hydrogens (tertiary/aromatic N) is 8. The predicted octanol–water partition coefficient (Wildman–Crippen LogP) is 5.16. The van der Waals surface area contributed by atoms with Crippen molar-refractivity contribution < 1.29 is 9.53 Å². The summed E-state index contributed by atoms with van der Waals surface area (Å²) in [5, 5.41) is 8.55. The van der Waals surface area contributed by atoms with Crippen LogP contribution in [0.3, 0.4) is 0 Å². The van der Waals surface area contributed by atoms with E-state index in [-0.39, 0.29) is 12.1 Å². The summed E-state index contributed by atoms with van der Waals surface area (Å²) in [5.41, 5.74) is 5.62. The number of anilines is 3. The van der Waals surface area contributed by atoms with E-state index in [1.165, 1.54) is 16.7 Å². The normalized spacial score (nSPS) is 15.8. The van der Waals surface area contributed by atoms with Gasteiger partial charge in [-0.15, -0.1) is 0 Å². The van der Waals surface area contributed by atoms with Crippen LogP contribution in [0, 0.1) is 6.92 Å². The number of hydrogen-bond acceptors (Lipinski definition) is 9. The second kappa shape index (κ2) is 10.9. The minimum absolute atomic E-state index is 0.0181. The first kappa shape index (κ1) is 27.4. The van der Waals surface area contributed by atoms with E-state index in [0.717, 1.165) is 34.5 Å². The zero-order chi connectivity index (χ0) is 29.4. The molecule has 0 aliphatic carbocycles. The van der Waals surface area contributed by atoms with Gasteiger partial charge in [-0.25, -0.2) is 29.2 Å². The standard InChI is InChI=1S/C31H35N9O2/c1-20-12-24(7-6-23(20)13-22-8-9-40-28(14-22)34-19-36-40)37-29-25-15-27(32-16-26(25)33-18-35-29)38-10-11-39(21(2)17-38)30(41)42-31(3,4)5/h6-9,12,14-16,18-19,21H,10-11,13,17H2,1-5H3,(H,33,35,37)/t21-/m1/s1. The van der Waals surface area contributed by atoms with Gasteiger partial charge in [-0.3, -0.25) is 0 Å². The summed E-state index contributed by atoms with van der Waals surface area (Å²) in [6, 6.07) is 12.5. The number of ether oxygens (including phenoxy) is 1. The first-order valence-corrected chi connectivity index (χ1v) is 14.1. The Hall–Kier alpha value is -4.80. The van der Waals surface area contributed by atoms with Gasteiger partial charge < -0.3 is 19.9 Å². The fourth-order valence-corrected chi connectivity index (χ4v) is 5.27. The van der Waals surface area contributed by atoms with E-state index in [4.69, 9.17) is 4.74 Å². The van der Waals surface area contributed by atoms with Crippen molar-refractivity contribution in [1.29, 1.82) is 0 Å². The zero-order valence-corrected chi connectivity index (χ0v) is 24.6. The molecule has 11 heteroatoms. The first-order valence-electron chi connectivity index (χ1n) is 14.1. The molecule has 1 N–H and O–H groups in total. The Morgan fingerprint density at radius 1 is 1.05 bits per heavy atom. The molecular formula is C31H35N9O2. The van der Waals surface area contributed by atoms with E-state index in [0.29, 0.717) is 25.5 Å². The number of carbonyl (C=O) groups excluding carboxylic acids is 1. The summed E-state index contributed by atoms with van der Waals surface area (Å²) in [4.78, 5) is 34.6. The van der Waals surface area contributed by atoms with Crippen LogP contribution < -0.4 is 10.2 Å².